The molecule has 0 saturated carbocycles. The van der Waals surface area contributed by atoms with Crippen LogP contribution in [0.25, 0.3) is 0 Å². The van der Waals surface area contributed by atoms with Crippen LogP contribution in [-0.2, 0) is 26.2 Å². The Bertz CT molecular complexity index is 1470. The molecular weight excluding hydrogens is 558 g/mol. The molecule has 0 aliphatic heterocycles. The lowest BCUT2D eigenvalue weighted by Gasteiger charge is -2.33. The number of carbonyl (C=O) groups excluding carboxylic acids is 2. The van der Waals surface area contributed by atoms with E-state index in [4.69, 9.17) is 14.2 Å². The fourth-order valence-electron chi connectivity index (χ4n) is 4.21. The van der Waals surface area contributed by atoms with Gasteiger partial charge in [0, 0.05) is 18.2 Å². The normalized spacial score (nSPS) is 12.2. The molecule has 42 heavy (non-hydrogen) atoms. The molecule has 0 heterocycles. The van der Waals surface area contributed by atoms with E-state index in [2.05, 4.69) is 5.32 Å². The lowest BCUT2D eigenvalue weighted by molar-refractivity contribution is -0.140. The molecule has 3 aromatic carbocycles. The van der Waals surface area contributed by atoms with Gasteiger partial charge in [-0.2, -0.15) is 0 Å². The molecule has 1 N–H and O–H groups in total. The number of rotatable bonds is 12. The van der Waals surface area contributed by atoms with Crippen LogP contribution in [0.15, 0.2) is 77.7 Å². The molecule has 0 aliphatic carbocycles. The summed E-state index contributed by atoms with van der Waals surface area (Å²) in [6, 6.07) is 18.6. The lowest BCUT2D eigenvalue weighted by atomic mass is 10.1. The predicted octanol–water partition coefficient (Wildman–Crippen LogP) is 4.24. The molecule has 0 aromatic heterocycles. The maximum absolute atomic E-state index is 14.1. The number of hydrogen-bond donors (Lipinski definition) is 1. The average molecular weight is 598 g/mol. The summed E-state index contributed by atoms with van der Waals surface area (Å²) in [5.74, 6) is 0.398. The van der Waals surface area contributed by atoms with Gasteiger partial charge in [-0.3, -0.25) is 13.9 Å². The second-order valence-electron chi connectivity index (χ2n) is 10.6. The van der Waals surface area contributed by atoms with Gasteiger partial charge in [0.2, 0.25) is 11.8 Å². The first kappa shape index (κ1) is 32.3. The van der Waals surface area contributed by atoms with Crippen LogP contribution in [0.3, 0.4) is 0 Å². The predicted molar refractivity (Wildman–Crippen MR) is 161 cm³/mol. The van der Waals surface area contributed by atoms with E-state index in [1.165, 1.54) is 37.3 Å². The lowest BCUT2D eigenvalue weighted by Crippen LogP contribution is -2.54. The van der Waals surface area contributed by atoms with Crippen LogP contribution in [0.2, 0.25) is 0 Å². The number of methoxy groups -OCH3 is 3. The Hall–Kier alpha value is -4.25. The topological polar surface area (TPSA) is 114 Å². The van der Waals surface area contributed by atoms with Gasteiger partial charge in [-0.25, -0.2) is 8.42 Å². The summed E-state index contributed by atoms with van der Waals surface area (Å²) in [4.78, 5) is 28.7. The van der Waals surface area contributed by atoms with Gasteiger partial charge in [-0.1, -0.05) is 30.3 Å². The minimum atomic E-state index is -4.21. The summed E-state index contributed by atoms with van der Waals surface area (Å²) < 4.78 is 44.9. The minimum Gasteiger partial charge on any atom is -0.497 e. The minimum absolute atomic E-state index is 0.00723. The number of nitrogens with zero attached hydrogens (tertiary/aromatic N) is 2. The van der Waals surface area contributed by atoms with Crippen LogP contribution < -0.4 is 23.8 Å². The molecule has 3 aromatic rings. The summed E-state index contributed by atoms with van der Waals surface area (Å²) in [5, 5.41) is 2.91. The highest BCUT2D eigenvalue weighted by molar-refractivity contribution is 7.92. The standard InChI is InChI=1S/C31H39N3O7S/c1-22(30(36)32-31(2,3)4)33(20-23-13-16-25(39-5)17-14-23)29(35)21-34(42(37,38)26-11-9-8-10-12-26)24-15-18-27(40-6)28(19-24)41-7/h8-19,22H,20-21H2,1-7H3,(H,32,36)/t22-/m0/s1. The molecular formula is C31H39N3O7S. The van der Waals surface area contributed by atoms with Crippen molar-refractivity contribution in [1.29, 1.82) is 0 Å². The molecule has 3 rings (SSSR count). The molecule has 2 amide bonds. The molecule has 0 bridgehead atoms. The monoisotopic (exact) mass is 597 g/mol. The maximum Gasteiger partial charge on any atom is 0.264 e. The maximum atomic E-state index is 14.1. The van der Waals surface area contributed by atoms with Crippen molar-refractivity contribution in [2.45, 2.75) is 50.7 Å². The Kier molecular flexibility index (Phi) is 10.5. The van der Waals surface area contributed by atoms with Gasteiger partial charge in [-0.15, -0.1) is 0 Å². The van der Waals surface area contributed by atoms with Gasteiger partial charge in [0.15, 0.2) is 11.5 Å². The fraction of sp³-hybridized carbons (Fsp3) is 0.355. The van der Waals surface area contributed by atoms with E-state index in [1.54, 1.807) is 68.6 Å². The molecule has 1 atom stereocenters. The van der Waals surface area contributed by atoms with Crippen molar-refractivity contribution in [2.24, 2.45) is 0 Å². The van der Waals surface area contributed by atoms with E-state index < -0.39 is 34.1 Å². The second kappa shape index (κ2) is 13.6. The van der Waals surface area contributed by atoms with E-state index in [1.807, 2.05) is 20.8 Å². The van der Waals surface area contributed by atoms with Crippen molar-refractivity contribution in [2.75, 3.05) is 32.2 Å². The van der Waals surface area contributed by atoms with E-state index in [-0.39, 0.29) is 23.0 Å². The Morgan fingerprint density at radius 2 is 1.48 bits per heavy atom. The van der Waals surface area contributed by atoms with Gasteiger partial charge in [-0.05, 0) is 69.7 Å². The van der Waals surface area contributed by atoms with E-state index in [9.17, 15) is 18.0 Å². The number of ether oxygens (including phenoxy) is 3. The third-order valence-corrected chi connectivity index (χ3v) is 8.23. The largest absolute Gasteiger partial charge is 0.497 e. The Balaban J connectivity index is 2.08. The summed E-state index contributed by atoms with van der Waals surface area (Å²) in [6.07, 6.45) is 0. The zero-order valence-corrected chi connectivity index (χ0v) is 25.9. The zero-order chi connectivity index (χ0) is 31.1. The van der Waals surface area contributed by atoms with Gasteiger partial charge in [0.25, 0.3) is 10.0 Å². The first-order chi connectivity index (χ1) is 19.8. The molecule has 0 saturated heterocycles. The highest BCUT2D eigenvalue weighted by Gasteiger charge is 2.33. The van der Waals surface area contributed by atoms with Crippen LogP contribution in [0.4, 0.5) is 5.69 Å². The molecule has 226 valence electrons. The van der Waals surface area contributed by atoms with Crippen molar-refractivity contribution < 1.29 is 32.2 Å². The Morgan fingerprint density at radius 1 is 0.857 bits per heavy atom. The Labute approximate surface area is 248 Å². The molecule has 0 aliphatic rings. The highest BCUT2D eigenvalue weighted by atomic mass is 32.2. The van der Waals surface area contributed by atoms with Gasteiger partial charge >= 0.3 is 0 Å². The van der Waals surface area contributed by atoms with E-state index in [0.29, 0.717) is 17.2 Å². The van der Waals surface area contributed by atoms with E-state index >= 15 is 0 Å². The quantitative estimate of drug-likeness (QED) is 0.332. The summed E-state index contributed by atoms with van der Waals surface area (Å²) in [7, 11) is 0.256. The highest BCUT2D eigenvalue weighted by Crippen LogP contribution is 2.34. The molecule has 0 spiro atoms. The number of nitrogens with one attached hydrogen (secondary N) is 1. The number of carbonyl (C=O) groups is 2. The first-order valence-electron chi connectivity index (χ1n) is 13.3. The molecule has 10 nitrogen and oxygen atoms in total. The van der Waals surface area contributed by atoms with Crippen LogP contribution >= 0.6 is 0 Å². The fourth-order valence-corrected chi connectivity index (χ4v) is 5.64. The SMILES string of the molecule is COc1ccc(CN(C(=O)CN(c2ccc(OC)c(OC)c2)S(=O)(=O)c2ccccc2)[C@@H](C)C(=O)NC(C)(C)C)cc1. The molecule has 11 heteroatoms. The van der Waals surface area contributed by atoms with Crippen molar-refractivity contribution in [3.8, 4) is 17.2 Å². The van der Waals surface area contributed by atoms with Crippen molar-refractivity contribution >= 4 is 27.5 Å². The first-order valence-corrected chi connectivity index (χ1v) is 14.8. The van der Waals surface area contributed by atoms with Crippen LogP contribution in [0.1, 0.15) is 33.3 Å². The number of hydrogen-bond acceptors (Lipinski definition) is 7. The number of benzene rings is 3. The van der Waals surface area contributed by atoms with Crippen LogP contribution in [0.5, 0.6) is 17.2 Å². The Morgan fingerprint density at radius 3 is 2.02 bits per heavy atom. The third-order valence-electron chi connectivity index (χ3n) is 6.44. The summed E-state index contributed by atoms with van der Waals surface area (Å²) >= 11 is 0. The summed E-state index contributed by atoms with van der Waals surface area (Å²) in [5.41, 5.74) is 0.395. The molecule has 0 unspecified atom stereocenters. The number of amides is 2. The number of anilines is 1. The second-order valence-corrected chi connectivity index (χ2v) is 12.5. The van der Waals surface area contributed by atoms with Crippen molar-refractivity contribution in [3.05, 3.63) is 78.4 Å². The van der Waals surface area contributed by atoms with Gasteiger partial charge < -0.3 is 24.4 Å². The van der Waals surface area contributed by atoms with Gasteiger partial charge in [0.05, 0.1) is 31.9 Å². The zero-order valence-electron chi connectivity index (χ0n) is 25.1. The molecule has 0 radical (unpaired) electrons. The molecule has 0 fully saturated rings. The van der Waals surface area contributed by atoms with E-state index in [0.717, 1.165) is 9.87 Å². The van der Waals surface area contributed by atoms with Crippen molar-refractivity contribution in [3.63, 3.8) is 0 Å². The van der Waals surface area contributed by atoms with Gasteiger partial charge in [0.1, 0.15) is 18.3 Å². The third kappa shape index (κ3) is 7.94. The average Bonchev–Trinajstić information content (AvgIpc) is 2.97. The smallest absolute Gasteiger partial charge is 0.264 e. The van der Waals surface area contributed by atoms with Crippen molar-refractivity contribution in [1.82, 2.24) is 10.2 Å². The number of sulfonamides is 1. The van der Waals surface area contributed by atoms with Crippen LogP contribution in [-0.4, -0.2) is 64.6 Å². The summed E-state index contributed by atoms with van der Waals surface area (Å²) in [6.45, 7) is 6.65. The van der Waals surface area contributed by atoms with Crippen LogP contribution in [0, 0.1) is 0 Å².